The normalized spacial score (nSPS) is 20.7. The molecule has 1 amide bonds. The number of likely N-dealkylation sites (tertiary alicyclic amines) is 1. The van der Waals surface area contributed by atoms with Crippen molar-refractivity contribution < 1.29 is 4.79 Å². The highest BCUT2D eigenvalue weighted by molar-refractivity contribution is 6.31. The average molecular weight is 309 g/mol. The number of rotatable bonds is 5. The molecule has 1 heterocycles. The lowest BCUT2D eigenvalue weighted by Crippen LogP contribution is -2.42. The highest BCUT2D eigenvalue weighted by Gasteiger charge is 2.29. The van der Waals surface area contributed by atoms with Gasteiger partial charge in [0.25, 0.3) is 0 Å². The molecule has 1 fully saturated rings. The van der Waals surface area contributed by atoms with Gasteiger partial charge in [0, 0.05) is 17.1 Å². The quantitative estimate of drug-likeness (QED) is 0.900. The smallest absolute Gasteiger partial charge is 0.234 e. The van der Waals surface area contributed by atoms with Crippen molar-refractivity contribution in [2.45, 2.75) is 45.7 Å². The van der Waals surface area contributed by atoms with E-state index in [0.717, 1.165) is 30.0 Å². The van der Waals surface area contributed by atoms with E-state index in [1.54, 1.807) is 0 Å². The molecular weight excluding hydrogens is 284 g/mol. The van der Waals surface area contributed by atoms with E-state index in [9.17, 15) is 4.79 Å². The summed E-state index contributed by atoms with van der Waals surface area (Å²) in [5.74, 6) is 0.557. The molecule has 21 heavy (non-hydrogen) atoms. The molecule has 1 aromatic rings. The Balaban J connectivity index is 2.00. The van der Waals surface area contributed by atoms with Crippen LogP contribution in [0.25, 0.3) is 0 Å². The summed E-state index contributed by atoms with van der Waals surface area (Å²) in [6, 6.07) is 8.42. The molecule has 0 aliphatic carbocycles. The SMILES string of the molecule is CC(C)C(C)NC(=O)CN1CCCC1c1ccccc1Cl. The number of nitrogens with one attached hydrogen (secondary N) is 1. The topological polar surface area (TPSA) is 32.3 Å². The van der Waals surface area contributed by atoms with Crippen molar-refractivity contribution >= 4 is 17.5 Å². The number of halogens is 1. The molecule has 4 heteroatoms. The van der Waals surface area contributed by atoms with Crippen molar-refractivity contribution in [3.05, 3.63) is 34.9 Å². The molecule has 1 aliphatic rings. The Morgan fingerprint density at radius 3 is 2.76 bits per heavy atom. The molecule has 2 atom stereocenters. The van der Waals surface area contributed by atoms with Gasteiger partial charge in [0.1, 0.15) is 0 Å². The lowest BCUT2D eigenvalue weighted by molar-refractivity contribution is -0.123. The predicted octanol–water partition coefficient (Wildman–Crippen LogP) is 3.64. The van der Waals surface area contributed by atoms with Gasteiger partial charge in [-0.1, -0.05) is 43.6 Å². The van der Waals surface area contributed by atoms with Crippen LogP contribution in [0.4, 0.5) is 0 Å². The largest absolute Gasteiger partial charge is 0.352 e. The van der Waals surface area contributed by atoms with Gasteiger partial charge in [-0.15, -0.1) is 0 Å². The first-order valence-electron chi connectivity index (χ1n) is 7.77. The number of carbonyl (C=O) groups excluding carboxylic acids is 1. The van der Waals surface area contributed by atoms with Gasteiger partial charge in [0.05, 0.1) is 6.54 Å². The highest BCUT2D eigenvalue weighted by atomic mass is 35.5. The Morgan fingerprint density at radius 2 is 2.10 bits per heavy atom. The lowest BCUT2D eigenvalue weighted by Gasteiger charge is -2.26. The van der Waals surface area contributed by atoms with Gasteiger partial charge >= 0.3 is 0 Å². The monoisotopic (exact) mass is 308 g/mol. The molecule has 1 aromatic carbocycles. The Hall–Kier alpha value is -1.06. The Kier molecular flexibility index (Phi) is 5.65. The van der Waals surface area contributed by atoms with Gasteiger partial charge in [0.2, 0.25) is 5.91 Å². The second-order valence-corrected chi connectivity index (χ2v) is 6.66. The van der Waals surface area contributed by atoms with Crippen LogP contribution in [0.5, 0.6) is 0 Å². The third-order valence-electron chi connectivity index (χ3n) is 4.36. The van der Waals surface area contributed by atoms with E-state index >= 15 is 0 Å². The zero-order valence-corrected chi connectivity index (χ0v) is 13.9. The van der Waals surface area contributed by atoms with Crippen LogP contribution in [-0.4, -0.2) is 29.9 Å². The van der Waals surface area contributed by atoms with Gasteiger partial charge in [0.15, 0.2) is 0 Å². The minimum Gasteiger partial charge on any atom is -0.352 e. The number of benzene rings is 1. The van der Waals surface area contributed by atoms with E-state index in [1.807, 2.05) is 18.2 Å². The van der Waals surface area contributed by atoms with E-state index in [2.05, 4.69) is 37.1 Å². The van der Waals surface area contributed by atoms with Crippen molar-refractivity contribution in [2.75, 3.05) is 13.1 Å². The summed E-state index contributed by atoms with van der Waals surface area (Å²) in [5.41, 5.74) is 1.14. The maximum Gasteiger partial charge on any atom is 0.234 e. The third-order valence-corrected chi connectivity index (χ3v) is 4.71. The molecule has 116 valence electrons. The molecule has 1 N–H and O–H groups in total. The van der Waals surface area contributed by atoms with Crippen LogP contribution in [0.3, 0.4) is 0 Å². The van der Waals surface area contributed by atoms with Crippen molar-refractivity contribution in [3.63, 3.8) is 0 Å². The van der Waals surface area contributed by atoms with Gasteiger partial charge in [-0.2, -0.15) is 0 Å². The molecule has 0 aromatic heterocycles. The first-order chi connectivity index (χ1) is 9.99. The molecule has 3 nitrogen and oxygen atoms in total. The minimum atomic E-state index is 0.107. The van der Waals surface area contributed by atoms with E-state index in [0.29, 0.717) is 12.5 Å². The second-order valence-electron chi connectivity index (χ2n) is 6.25. The molecule has 0 saturated carbocycles. The van der Waals surface area contributed by atoms with E-state index in [1.165, 1.54) is 0 Å². The molecule has 2 unspecified atom stereocenters. The number of nitrogens with zero attached hydrogens (tertiary/aromatic N) is 1. The predicted molar refractivity (Wildman–Crippen MR) is 87.4 cm³/mol. The van der Waals surface area contributed by atoms with Crippen LogP contribution >= 0.6 is 11.6 Å². The molecule has 0 radical (unpaired) electrons. The fourth-order valence-electron chi connectivity index (χ4n) is 2.76. The zero-order valence-electron chi connectivity index (χ0n) is 13.1. The van der Waals surface area contributed by atoms with Crippen LogP contribution in [0.2, 0.25) is 5.02 Å². The van der Waals surface area contributed by atoms with Gasteiger partial charge in [-0.25, -0.2) is 0 Å². The summed E-state index contributed by atoms with van der Waals surface area (Å²) in [6.45, 7) is 7.70. The summed E-state index contributed by atoms with van der Waals surface area (Å²) < 4.78 is 0. The minimum absolute atomic E-state index is 0.107. The van der Waals surface area contributed by atoms with Crippen molar-refractivity contribution in [3.8, 4) is 0 Å². The maximum absolute atomic E-state index is 12.2. The number of carbonyl (C=O) groups is 1. The first kappa shape index (κ1) is 16.3. The maximum atomic E-state index is 12.2. The summed E-state index contributed by atoms with van der Waals surface area (Å²) in [5, 5.41) is 3.88. The molecule has 0 bridgehead atoms. The van der Waals surface area contributed by atoms with Gasteiger partial charge < -0.3 is 5.32 Å². The van der Waals surface area contributed by atoms with Crippen molar-refractivity contribution in [1.82, 2.24) is 10.2 Å². The lowest BCUT2D eigenvalue weighted by atomic mass is 10.0. The summed E-state index contributed by atoms with van der Waals surface area (Å²) in [6.07, 6.45) is 2.18. The van der Waals surface area contributed by atoms with Gasteiger partial charge in [-0.3, -0.25) is 9.69 Å². The fraction of sp³-hybridized carbons (Fsp3) is 0.588. The van der Waals surface area contributed by atoms with Crippen molar-refractivity contribution in [1.29, 1.82) is 0 Å². The summed E-state index contributed by atoms with van der Waals surface area (Å²) >= 11 is 6.30. The summed E-state index contributed by atoms with van der Waals surface area (Å²) in [7, 11) is 0. The van der Waals surface area contributed by atoms with Crippen LogP contribution in [0.1, 0.15) is 45.2 Å². The molecule has 0 spiro atoms. The van der Waals surface area contributed by atoms with Crippen molar-refractivity contribution in [2.24, 2.45) is 5.92 Å². The Labute approximate surface area is 132 Å². The molecule has 1 aliphatic heterocycles. The second kappa shape index (κ2) is 7.28. The first-order valence-corrected chi connectivity index (χ1v) is 8.14. The van der Waals surface area contributed by atoms with E-state index < -0.39 is 0 Å². The molecule has 2 rings (SSSR count). The van der Waals surface area contributed by atoms with Crippen LogP contribution in [-0.2, 0) is 4.79 Å². The van der Waals surface area contributed by atoms with Gasteiger partial charge in [-0.05, 0) is 43.9 Å². The molecule has 1 saturated heterocycles. The number of hydrogen-bond donors (Lipinski definition) is 1. The zero-order chi connectivity index (χ0) is 15.4. The molecular formula is C17H25ClN2O. The van der Waals surface area contributed by atoms with Crippen LogP contribution in [0, 0.1) is 5.92 Å². The van der Waals surface area contributed by atoms with Crippen LogP contribution in [0.15, 0.2) is 24.3 Å². The van der Waals surface area contributed by atoms with Crippen LogP contribution < -0.4 is 5.32 Å². The summed E-state index contributed by atoms with van der Waals surface area (Å²) in [4.78, 5) is 14.4. The Morgan fingerprint density at radius 1 is 1.38 bits per heavy atom. The standard InChI is InChI=1S/C17H25ClN2O/c1-12(2)13(3)19-17(21)11-20-10-6-9-16(20)14-7-4-5-8-15(14)18/h4-5,7-8,12-13,16H,6,9-11H2,1-3H3,(H,19,21). The van der Waals surface area contributed by atoms with E-state index in [4.69, 9.17) is 11.6 Å². The van der Waals surface area contributed by atoms with E-state index in [-0.39, 0.29) is 18.0 Å². The third kappa shape index (κ3) is 4.21. The Bertz CT molecular complexity index is 489. The number of hydrogen-bond acceptors (Lipinski definition) is 2. The average Bonchev–Trinajstić information content (AvgIpc) is 2.86. The fourth-order valence-corrected chi connectivity index (χ4v) is 3.03. The number of amides is 1. The highest BCUT2D eigenvalue weighted by Crippen LogP contribution is 2.35.